The van der Waals surface area contributed by atoms with E-state index in [2.05, 4.69) is 31.0 Å². The second-order valence-electron chi connectivity index (χ2n) is 6.94. The van der Waals surface area contributed by atoms with Gasteiger partial charge in [0.2, 0.25) is 0 Å². The maximum Gasteiger partial charge on any atom is 0.00794 e. The molecular formula is C17H34N2. The summed E-state index contributed by atoms with van der Waals surface area (Å²) in [5.41, 5.74) is 0. The normalized spacial score (nSPS) is 37.4. The van der Waals surface area contributed by atoms with Crippen LogP contribution in [0.5, 0.6) is 0 Å². The predicted molar refractivity (Wildman–Crippen MR) is 83.5 cm³/mol. The van der Waals surface area contributed by atoms with Crippen molar-refractivity contribution < 1.29 is 0 Å². The Hall–Kier alpha value is -0.0800. The van der Waals surface area contributed by atoms with E-state index >= 15 is 0 Å². The molecule has 4 atom stereocenters. The molecule has 0 aromatic heterocycles. The fraction of sp³-hybridized carbons (Fsp3) is 1.00. The number of piperidine rings is 2. The first kappa shape index (κ1) is 15.3. The van der Waals surface area contributed by atoms with Crippen molar-refractivity contribution >= 4 is 0 Å². The second-order valence-corrected chi connectivity index (χ2v) is 6.94. The number of nitrogens with zero attached hydrogens (tertiary/aromatic N) is 1. The van der Waals surface area contributed by atoms with E-state index in [0.717, 1.165) is 23.9 Å². The number of hydrogen-bond donors (Lipinski definition) is 1. The summed E-state index contributed by atoms with van der Waals surface area (Å²) in [4.78, 5) is 2.76. The van der Waals surface area contributed by atoms with Crippen LogP contribution in [0.4, 0.5) is 0 Å². The minimum absolute atomic E-state index is 0.789. The molecule has 2 saturated heterocycles. The molecule has 0 amide bonds. The van der Waals surface area contributed by atoms with Crippen LogP contribution in [0.15, 0.2) is 0 Å². The predicted octanol–water partition coefficient (Wildman–Crippen LogP) is 3.67. The number of rotatable bonds is 5. The van der Waals surface area contributed by atoms with Crippen LogP contribution in [0.25, 0.3) is 0 Å². The van der Waals surface area contributed by atoms with Gasteiger partial charge in [-0.3, -0.25) is 0 Å². The average Bonchev–Trinajstić information content (AvgIpc) is 2.47. The Labute approximate surface area is 120 Å². The average molecular weight is 266 g/mol. The van der Waals surface area contributed by atoms with Crippen molar-refractivity contribution in [3.63, 3.8) is 0 Å². The van der Waals surface area contributed by atoms with Gasteiger partial charge in [-0.1, -0.05) is 26.7 Å². The molecule has 2 aliphatic heterocycles. The van der Waals surface area contributed by atoms with E-state index < -0.39 is 0 Å². The summed E-state index contributed by atoms with van der Waals surface area (Å²) in [6.07, 6.45) is 9.78. The third kappa shape index (κ3) is 4.46. The lowest BCUT2D eigenvalue weighted by Gasteiger charge is -2.39. The Kier molecular flexibility index (Phi) is 6.15. The first-order valence-electron chi connectivity index (χ1n) is 8.70. The molecule has 0 bridgehead atoms. The summed E-state index contributed by atoms with van der Waals surface area (Å²) < 4.78 is 0. The topological polar surface area (TPSA) is 15.3 Å². The smallest absolute Gasteiger partial charge is 0.00794 e. The molecule has 2 aliphatic rings. The van der Waals surface area contributed by atoms with E-state index in [0.29, 0.717) is 0 Å². The van der Waals surface area contributed by atoms with Gasteiger partial charge < -0.3 is 10.2 Å². The van der Waals surface area contributed by atoms with Crippen LogP contribution in [0.1, 0.15) is 65.7 Å². The zero-order valence-electron chi connectivity index (χ0n) is 13.3. The third-order valence-corrected chi connectivity index (χ3v) is 5.65. The van der Waals surface area contributed by atoms with Gasteiger partial charge in [0.05, 0.1) is 0 Å². The first-order valence-corrected chi connectivity index (χ1v) is 8.70. The highest BCUT2D eigenvalue weighted by Crippen LogP contribution is 2.25. The minimum atomic E-state index is 0.789. The third-order valence-electron chi connectivity index (χ3n) is 5.65. The van der Waals surface area contributed by atoms with Crippen molar-refractivity contribution in [1.82, 2.24) is 10.2 Å². The maximum absolute atomic E-state index is 3.77. The van der Waals surface area contributed by atoms with Crippen molar-refractivity contribution in [3.05, 3.63) is 0 Å². The highest BCUT2D eigenvalue weighted by Gasteiger charge is 2.25. The molecule has 0 spiro atoms. The molecule has 0 radical (unpaired) electrons. The molecule has 0 aliphatic carbocycles. The van der Waals surface area contributed by atoms with Gasteiger partial charge in [-0.2, -0.15) is 0 Å². The zero-order valence-corrected chi connectivity index (χ0v) is 13.3. The summed E-state index contributed by atoms with van der Waals surface area (Å²) >= 11 is 0. The maximum atomic E-state index is 3.77. The quantitative estimate of drug-likeness (QED) is 0.817. The molecule has 1 N–H and O–H groups in total. The van der Waals surface area contributed by atoms with Crippen molar-refractivity contribution in [2.24, 2.45) is 11.8 Å². The van der Waals surface area contributed by atoms with E-state index in [1.165, 1.54) is 64.6 Å². The van der Waals surface area contributed by atoms with Crippen molar-refractivity contribution in [3.8, 4) is 0 Å². The lowest BCUT2D eigenvalue weighted by molar-refractivity contribution is 0.108. The van der Waals surface area contributed by atoms with Crippen LogP contribution >= 0.6 is 0 Å². The first-order chi connectivity index (χ1) is 9.22. The fourth-order valence-electron chi connectivity index (χ4n) is 3.80. The van der Waals surface area contributed by atoms with Crippen molar-refractivity contribution in [2.75, 3.05) is 19.6 Å². The van der Waals surface area contributed by atoms with Gasteiger partial charge >= 0.3 is 0 Å². The summed E-state index contributed by atoms with van der Waals surface area (Å²) in [6, 6.07) is 1.60. The van der Waals surface area contributed by atoms with Gasteiger partial charge in [0.1, 0.15) is 0 Å². The molecule has 2 fully saturated rings. The van der Waals surface area contributed by atoms with E-state index in [9.17, 15) is 0 Å². The Balaban J connectivity index is 1.69. The molecule has 112 valence electrons. The van der Waals surface area contributed by atoms with Crippen molar-refractivity contribution in [2.45, 2.75) is 77.8 Å². The zero-order chi connectivity index (χ0) is 13.7. The molecule has 0 aromatic carbocycles. The summed E-state index contributed by atoms with van der Waals surface area (Å²) in [6.45, 7) is 11.0. The summed E-state index contributed by atoms with van der Waals surface area (Å²) in [7, 11) is 0. The number of hydrogen-bond acceptors (Lipinski definition) is 2. The van der Waals surface area contributed by atoms with E-state index in [1.54, 1.807) is 0 Å². The highest BCUT2D eigenvalue weighted by molar-refractivity contribution is 4.82. The Morgan fingerprint density at radius 2 is 1.74 bits per heavy atom. The van der Waals surface area contributed by atoms with E-state index in [4.69, 9.17) is 0 Å². The molecule has 0 saturated carbocycles. The van der Waals surface area contributed by atoms with Crippen LogP contribution in [-0.4, -0.2) is 36.6 Å². The molecule has 0 aromatic rings. The van der Waals surface area contributed by atoms with Gasteiger partial charge in [0.15, 0.2) is 0 Å². The Morgan fingerprint density at radius 1 is 1.00 bits per heavy atom. The van der Waals surface area contributed by atoms with Gasteiger partial charge in [-0.25, -0.2) is 0 Å². The van der Waals surface area contributed by atoms with E-state index in [-0.39, 0.29) is 0 Å². The summed E-state index contributed by atoms with van der Waals surface area (Å²) in [5, 5.41) is 3.77. The molecule has 2 heteroatoms. The fourth-order valence-corrected chi connectivity index (χ4v) is 3.80. The Morgan fingerprint density at radius 3 is 2.37 bits per heavy atom. The lowest BCUT2D eigenvalue weighted by atomic mass is 9.89. The number of nitrogens with one attached hydrogen (secondary N) is 1. The SMILES string of the molecule is CC[C@@H]1CC[C@H](CCN2C[C@@H](CC)CC[C@H]2C)NC1. The van der Waals surface area contributed by atoms with Gasteiger partial charge in [0.25, 0.3) is 0 Å². The van der Waals surface area contributed by atoms with Crippen LogP contribution < -0.4 is 5.32 Å². The summed E-state index contributed by atoms with van der Waals surface area (Å²) in [5.74, 6) is 1.90. The molecule has 2 heterocycles. The van der Waals surface area contributed by atoms with Gasteiger partial charge in [-0.05, 0) is 64.0 Å². The van der Waals surface area contributed by atoms with Crippen molar-refractivity contribution in [1.29, 1.82) is 0 Å². The second kappa shape index (κ2) is 7.64. The van der Waals surface area contributed by atoms with Gasteiger partial charge in [-0.15, -0.1) is 0 Å². The molecule has 0 unspecified atom stereocenters. The lowest BCUT2D eigenvalue weighted by Crippen LogP contribution is -2.45. The van der Waals surface area contributed by atoms with Crippen LogP contribution in [0.2, 0.25) is 0 Å². The largest absolute Gasteiger partial charge is 0.314 e. The van der Waals surface area contributed by atoms with Crippen LogP contribution in [0.3, 0.4) is 0 Å². The van der Waals surface area contributed by atoms with Crippen LogP contribution in [0, 0.1) is 11.8 Å². The molecule has 19 heavy (non-hydrogen) atoms. The van der Waals surface area contributed by atoms with Gasteiger partial charge in [0, 0.05) is 18.6 Å². The van der Waals surface area contributed by atoms with E-state index in [1.807, 2.05) is 0 Å². The molecular weight excluding hydrogens is 232 g/mol. The molecule has 2 rings (SSSR count). The number of likely N-dealkylation sites (tertiary alicyclic amines) is 1. The minimum Gasteiger partial charge on any atom is -0.314 e. The molecule has 2 nitrogen and oxygen atoms in total. The standard InChI is InChI=1S/C17H34N2/c1-4-15-8-9-17(18-12-15)10-11-19-13-16(5-2)7-6-14(19)3/h14-18H,4-13H2,1-3H3/t14-,15-,16+,17-/m1/s1. The highest BCUT2D eigenvalue weighted by atomic mass is 15.2. The van der Waals surface area contributed by atoms with Crippen LogP contribution in [-0.2, 0) is 0 Å². The monoisotopic (exact) mass is 266 g/mol. The Bertz CT molecular complexity index is 246.